The number of halogens is 2. The van der Waals surface area contributed by atoms with Crippen molar-refractivity contribution in [3.63, 3.8) is 0 Å². The fourth-order valence-corrected chi connectivity index (χ4v) is 2.63. The molecule has 0 saturated heterocycles. The Hall–Kier alpha value is -2.18. The summed E-state index contributed by atoms with van der Waals surface area (Å²) in [5, 5.41) is 13.9. The molecule has 1 aromatic carbocycles. The molecular weight excluding hydrogens is 282 g/mol. The van der Waals surface area contributed by atoms with Crippen molar-refractivity contribution >= 4 is 17.7 Å². The summed E-state index contributed by atoms with van der Waals surface area (Å²) < 4.78 is 25.9. The van der Waals surface area contributed by atoms with Crippen molar-refractivity contribution in [2.75, 3.05) is 11.9 Å². The van der Waals surface area contributed by atoms with Gasteiger partial charge in [0, 0.05) is 18.3 Å². The molecule has 114 valence electrons. The number of hydrogen-bond acceptors (Lipinski definition) is 2. The van der Waals surface area contributed by atoms with Crippen LogP contribution in [0.5, 0.6) is 0 Å². The number of amides is 2. The van der Waals surface area contributed by atoms with Crippen molar-refractivity contribution in [2.45, 2.75) is 19.3 Å². The van der Waals surface area contributed by atoms with E-state index in [1.807, 2.05) is 0 Å². The van der Waals surface area contributed by atoms with Crippen LogP contribution < -0.4 is 10.6 Å². The van der Waals surface area contributed by atoms with Crippen LogP contribution in [0.1, 0.15) is 19.3 Å². The van der Waals surface area contributed by atoms with Crippen molar-refractivity contribution < 1.29 is 23.5 Å². The zero-order valence-corrected chi connectivity index (χ0v) is 11.2. The summed E-state index contributed by atoms with van der Waals surface area (Å²) in [5.74, 6) is -2.99. The van der Waals surface area contributed by atoms with Gasteiger partial charge in [0.1, 0.15) is 11.6 Å². The molecule has 1 aliphatic rings. The van der Waals surface area contributed by atoms with Crippen LogP contribution in [-0.4, -0.2) is 23.7 Å². The zero-order valence-electron chi connectivity index (χ0n) is 11.2. The van der Waals surface area contributed by atoms with Crippen LogP contribution in [-0.2, 0) is 4.79 Å². The molecule has 0 spiro atoms. The smallest absolute Gasteiger partial charge is 0.319 e. The number of benzene rings is 1. The predicted molar refractivity (Wildman–Crippen MR) is 71.8 cm³/mol. The van der Waals surface area contributed by atoms with Crippen LogP contribution in [0.15, 0.2) is 18.2 Å². The molecular formula is C14H16F2N2O3. The van der Waals surface area contributed by atoms with Gasteiger partial charge in [0.25, 0.3) is 0 Å². The lowest BCUT2D eigenvalue weighted by molar-refractivity contribution is -0.142. The lowest BCUT2D eigenvalue weighted by atomic mass is 9.96. The van der Waals surface area contributed by atoms with Gasteiger partial charge < -0.3 is 15.7 Å². The fraction of sp³-hybridized carbons (Fsp3) is 0.429. The number of carbonyl (C=O) groups is 2. The maximum absolute atomic E-state index is 13.0. The number of hydrogen-bond donors (Lipinski definition) is 3. The number of carboxylic acid groups (broad SMARTS) is 1. The van der Waals surface area contributed by atoms with Gasteiger partial charge in [-0.1, -0.05) is 6.42 Å². The molecule has 21 heavy (non-hydrogen) atoms. The standard InChI is InChI=1S/C14H16F2N2O3/c15-9-4-10(16)6-11(5-9)18-14(21)17-7-8-2-1-3-12(8)13(19)20/h4-6,8,12H,1-3,7H2,(H,19,20)(H2,17,18,21). The molecule has 2 atom stereocenters. The van der Waals surface area contributed by atoms with Crippen LogP contribution >= 0.6 is 0 Å². The Kier molecular flexibility index (Phi) is 4.72. The van der Waals surface area contributed by atoms with Crippen LogP contribution in [0.25, 0.3) is 0 Å². The zero-order chi connectivity index (χ0) is 15.4. The molecule has 1 saturated carbocycles. The first-order chi connectivity index (χ1) is 9.95. The quantitative estimate of drug-likeness (QED) is 0.799. The Morgan fingerprint density at radius 3 is 2.48 bits per heavy atom. The molecule has 3 N–H and O–H groups in total. The topological polar surface area (TPSA) is 78.4 Å². The van der Waals surface area contributed by atoms with E-state index in [-0.39, 0.29) is 18.2 Å². The van der Waals surface area contributed by atoms with Gasteiger partial charge in [-0.15, -0.1) is 0 Å². The van der Waals surface area contributed by atoms with Crippen molar-refractivity contribution in [3.8, 4) is 0 Å². The highest BCUT2D eigenvalue weighted by Gasteiger charge is 2.32. The number of aliphatic carboxylic acids is 1. The molecule has 0 aliphatic heterocycles. The van der Waals surface area contributed by atoms with Gasteiger partial charge in [-0.05, 0) is 30.9 Å². The second-order valence-corrected chi connectivity index (χ2v) is 5.13. The molecule has 2 rings (SSSR count). The van der Waals surface area contributed by atoms with E-state index in [1.165, 1.54) is 0 Å². The van der Waals surface area contributed by atoms with Crippen LogP contribution in [0, 0.1) is 23.5 Å². The third kappa shape index (κ3) is 4.14. The Bertz CT molecular complexity index is 531. The van der Waals surface area contributed by atoms with Gasteiger partial charge in [-0.3, -0.25) is 4.79 Å². The van der Waals surface area contributed by atoms with Gasteiger partial charge >= 0.3 is 12.0 Å². The number of rotatable bonds is 4. The van der Waals surface area contributed by atoms with E-state index < -0.39 is 29.6 Å². The summed E-state index contributed by atoms with van der Waals surface area (Å²) in [7, 11) is 0. The molecule has 2 amide bonds. The van der Waals surface area contributed by atoms with E-state index in [9.17, 15) is 18.4 Å². The number of carbonyl (C=O) groups excluding carboxylic acids is 1. The Morgan fingerprint density at radius 1 is 1.19 bits per heavy atom. The van der Waals surface area contributed by atoms with Crippen LogP contribution in [0.4, 0.5) is 19.3 Å². The predicted octanol–water partition coefficient (Wildman–Crippen LogP) is 2.59. The van der Waals surface area contributed by atoms with Gasteiger partial charge in [0.05, 0.1) is 5.92 Å². The Labute approximate surface area is 120 Å². The van der Waals surface area contributed by atoms with E-state index in [0.717, 1.165) is 25.0 Å². The minimum Gasteiger partial charge on any atom is -0.481 e. The Balaban J connectivity index is 1.86. The van der Waals surface area contributed by atoms with Crippen molar-refractivity contribution in [1.82, 2.24) is 5.32 Å². The van der Waals surface area contributed by atoms with Crippen LogP contribution in [0.3, 0.4) is 0 Å². The van der Waals surface area contributed by atoms with Gasteiger partial charge in [0.15, 0.2) is 0 Å². The second-order valence-electron chi connectivity index (χ2n) is 5.13. The highest BCUT2D eigenvalue weighted by Crippen LogP contribution is 2.31. The maximum Gasteiger partial charge on any atom is 0.319 e. The average Bonchev–Trinajstić information content (AvgIpc) is 2.83. The lowest BCUT2D eigenvalue weighted by Gasteiger charge is -2.16. The number of anilines is 1. The molecule has 0 aromatic heterocycles. The minimum absolute atomic E-state index is 0.00575. The third-order valence-corrected chi connectivity index (χ3v) is 3.62. The first-order valence-electron chi connectivity index (χ1n) is 6.69. The van der Waals surface area contributed by atoms with E-state index in [2.05, 4.69) is 10.6 Å². The third-order valence-electron chi connectivity index (χ3n) is 3.62. The fourth-order valence-electron chi connectivity index (χ4n) is 2.63. The molecule has 0 bridgehead atoms. The molecule has 7 heteroatoms. The summed E-state index contributed by atoms with van der Waals surface area (Å²) in [6.45, 7) is 0.223. The molecule has 1 fully saturated rings. The molecule has 1 aliphatic carbocycles. The summed E-state index contributed by atoms with van der Waals surface area (Å²) >= 11 is 0. The van der Waals surface area contributed by atoms with E-state index in [4.69, 9.17) is 5.11 Å². The number of urea groups is 1. The van der Waals surface area contributed by atoms with E-state index in [1.54, 1.807) is 0 Å². The molecule has 5 nitrogen and oxygen atoms in total. The van der Waals surface area contributed by atoms with Crippen molar-refractivity contribution in [2.24, 2.45) is 11.8 Å². The van der Waals surface area contributed by atoms with Crippen molar-refractivity contribution in [3.05, 3.63) is 29.8 Å². The first-order valence-corrected chi connectivity index (χ1v) is 6.69. The first kappa shape index (κ1) is 15.2. The number of carboxylic acids is 1. The summed E-state index contributed by atoms with van der Waals surface area (Å²) in [6, 6.07) is 2.09. The minimum atomic E-state index is -0.855. The van der Waals surface area contributed by atoms with Crippen molar-refractivity contribution in [1.29, 1.82) is 0 Å². The summed E-state index contributed by atoms with van der Waals surface area (Å²) in [6.07, 6.45) is 2.17. The normalized spacial score (nSPS) is 21.0. The van der Waals surface area contributed by atoms with Gasteiger partial charge in [-0.25, -0.2) is 13.6 Å². The highest BCUT2D eigenvalue weighted by atomic mass is 19.1. The molecule has 0 radical (unpaired) electrons. The van der Waals surface area contributed by atoms with Gasteiger partial charge in [-0.2, -0.15) is 0 Å². The lowest BCUT2D eigenvalue weighted by Crippen LogP contribution is -2.35. The second kappa shape index (κ2) is 6.51. The summed E-state index contributed by atoms with van der Waals surface area (Å²) in [5.41, 5.74) is 0.00575. The van der Waals surface area contributed by atoms with Gasteiger partial charge in [0.2, 0.25) is 0 Å². The highest BCUT2D eigenvalue weighted by molar-refractivity contribution is 5.89. The monoisotopic (exact) mass is 298 g/mol. The number of nitrogens with one attached hydrogen (secondary N) is 2. The maximum atomic E-state index is 13.0. The van der Waals surface area contributed by atoms with E-state index in [0.29, 0.717) is 12.5 Å². The SMILES string of the molecule is O=C(NCC1CCCC1C(=O)O)Nc1cc(F)cc(F)c1. The molecule has 0 heterocycles. The largest absolute Gasteiger partial charge is 0.481 e. The Morgan fingerprint density at radius 2 is 1.86 bits per heavy atom. The van der Waals surface area contributed by atoms with Crippen LogP contribution in [0.2, 0.25) is 0 Å². The molecule has 1 aromatic rings. The molecule has 2 unspecified atom stereocenters. The average molecular weight is 298 g/mol. The van der Waals surface area contributed by atoms with E-state index >= 15 is 0 Å². The summed E-state index contributed by atoms with van der Waals surface area (Å²) in [4.78, 5) is 22.7.